The smallest absolute Gasteiger partial charge is 0.229 e. The number of rotatable bonds is 11. The Bertz CT molecular complexity index is 1760. The zero-order valence-corrected chi connectivity index (χ0v) is 26.4. The van der Waals surface area contributed by atoms with E-state index in [0.29, 0.717) is 52.8 Å². The van der Waals surface area contributed by atoms with Crippen LogP contribution in [0, 0.1) is 5.82 Å². The molecule has 3 aromatic carbocycles. The van der Waals surface area contributed by atoms with Gasteiger partial charge in [-0.05, 0) is 41.5 Å². The minimum Gasteiger partial charge on any atom is -0.487 e. The largest absolute Gasteiger partial charge is 0.487 e. The molecule has 11 heteroatoms. The second kappa shape index (κ2) is 15.0. The molecule has 0 spiro atoms. The predicted octanol–water partition coefficient (Wildman–Crippen LogP) is 4.97. The van der Waals surface area contributed by atoms with E-state index in [1.807, 2.05) is 30.6 Å². The fraction of sp³-hybridized carbons (Fsp3) is 0.294. The van der Waals surface area contributed by atoms with Gasteiger partial charge in [-0.2, -0.15) is 0 Å². The molecule has 1 aromatic heterocycles. The zero-order chi connectivity index (χ0) is 31.0. The van der Waals surface area contributed by atoms with E-state index in [1.54, 1.807) is 24.3 Å². The minimum absolute atomic E-state index is 0.0397. The molecule has 6 rings (SSSR count). The van der Waals surface area contributed by atoms with Crippen LogP contribution in [0.15, 0.2) is 89.1 Å². The molecule has 4 aromatic rings. The van der Waals surface area contributed by atoms with E-state index in [9.17, 15) is 9.18 Å². The summed E-state index contributed by atoms with van der Waals surface area (Å²) >= 11 is 6.56. The van der Waals surface area contributed by atoms with Crippen LogP contribution in [0.25, 0.3) is 0 Å². The maximum Gasteiger partial charge on any atom is 0.229 e. The molecule has 8 nitrogen and oxygen atoms in total. The van der Waals surface area contributed by atoms with Gasteiger partial charge in [0.05, 0.1) is 41.0 Å². The maximum absolute atomic E-state index is 13.5. The Morgan fingerprint density at radius 3 is 2.69 bits per heavy atom. The first-order chi connectivity index (χ1) is 22.0. The molecule has 3 heterocycles. The molecule has 45 heavy (non-hydrogen) atoms. The monoisotopic (exact) mass is 647 g/mol. The fourth-order valence-corrected chi connectivity index (χ4v) is 7.65. The van der Waals surface area contributed by atoms with Gasteiger partial charge in [0.25, 0.3) is 0 Å². The molecule has 0 radical (unpaired) electrons. The highest BCUT2D eigenvalue weighted by Gasteiger charge is 2.22. The highest BCUT2D eigenvalue weighted by Crippen LogP contribution is 2.34. The lowest BCUT2D eigenvalue weighted by Gasteiger charge is -2.26. The number of halogens is 2. The highest BCUT2D eigenvalue weighted by atomic mass is 35.5. The molecular formula is C34H35ClFN5O3S. The standard InChI is InChI=1S/C34H35ClFN5O3S/c35-30-20-28(9-10-31(30)44-22-26-7-4-8-27(36)19-26)39-33-29-11-18-45(23-32(42)37-12-13-40-14-16-43-17-15-40)34(29)41(24-38-33)21-25-5-2-1-3-6-25/h1-10,18-20,24H,11-17,21-23H2,(H,37,42). The summed E-state index contributed by atoms with van der Waals surface area (Å²) in [5, 5.41) is 6.81. The second-order valence-electron chi connectivity index (χ2n) is 10.9. The molecule has 2 aliphatic heterocycles. The summed E-state index contributed by atoms with van der Waals surface area (Å²) in [6.07, 6.45) is 2.49. The van der Waals surface area contributed by atoms with Crippen molar-refractivity contribution in [1.82, 2.24) is 19.8 Å². The number of fused-ring (bicyclic) bond motifs is 1. The summed E-state index contributed by atoms with van der Waals surface area (Å²) in [7, 11) is -0.405. The van der Waals surface area contributed by atoms with Crippen molar-refractivity contribution in [2.75, 3.05) is 45.1 Å². The van der Waals surface area contributed by atoms with Crippen LogP contribution in [0.3, 0.4) is 0 Å². The van der Waals surface area contributed by atoms with E-state index in [-0.39, 0.29) is 18.3 Å². The molecule has 0 bridgehead atoms. The van der Waals surface area contributed by atoms with E-state index >= 15 is 0 Å². The lowest BCUT2D eigenvalue weighted by atomic mass is 10.2. The van der Waals surface area contributed by atoms with E-state index < -0.39 is 10.5 Å². The Balaban J connectivity index is 1.21. The Morgan fingerprint density at radius 1 is 1.07 bits per heavy atom. The van der Waals surface area contributed by atoms with Crippen molar-refractivity contribution in [1.29, 1.82) is 0 Å². The number of benzene rings is 3. The summed E-state index contributed by atoms with van der Waals surface area (Å²) < 4.78 is 26.9. The molecule has 1 fully saturated rings. The Hall–Kier alpha value is -3.83. The number of aromatic nitrogens is 2. The number of morpholine rings is 1. The van der Waals surface area contributed by atoms with Crippen LogP contribution in [-0.2, 0) is 29.1 Å². The molecule has 1 amide bonds. The molecule has 234 valence electrons. The summed E-state index contributed by atoms with van der Waals surface area (Å²) in [5.41, 5.74) is 4.13. The summed E-state index contributed by atoms with van der Waals surface area (Å²) in [6.45, 7) is 5.57. The van der Waals surface area contributed by atoms with Crippen molar-refractivity contribution in [3.05, 3.63) is 112 Å². The summed E-state index contributed by atoms with van der Waals surface area (Å²) in [4.78, 5) is 25.0. The SMILES string of the molecule is O=C(CS1=CCc2c1n(Cc1ccccc1)cnc2=Nc1ccc(OCc2cccc(F)c2)c(Cl)c1)NCCN1CCOCC1. The summed E-state index contributed by atoms with van der Waals surface area (Å²) in [5.74, 6) is 0.602. The van der Waals surface area contributed by atoms with Crippen molar-refractivity contribution in [2.45, 2.75) is 24.6 Å². The number of hydrogen-bond acceptors (Lipinski definition) is 6. The van der Waals surface area contributed by atoms with Crippen molar-refractivity contribution in [2.24, 2.45) is 4.99 Å². The third-order valence-corrected chi connectivity index (χ3v) is 10.0. The molecule has 0 aliphatic carbocycles. The van der Waals surface area contributed by atoms with Crippen molar-refractivity contribution in [3.8, 4) is 5.75 Å². The van der Waals surface area contributed by atoms with Gasteiger partial charge in [0.15, 0.2) is 5.49 Å². The number of hydrogen-bond donors (Lipinski definition) is 1. The number of carbonyl (C=O) groups excluding carboxylic acids is 1. The number of nitrogens with zero attached hydrogens (tertiary/aromatic N) is 4. The van der Waals surface area contributed by atoms with Gasteiger partial charge in [-0.25, -0.2) is 14.4 Å². The fourth-order valence-electron chi connectivity index (χ4n) is 5.35. The Labute approximate surface area is 269 Å². The van der Waals surface area contributed by atoms with E-state index in [4.69, 9.17) is 31.1 Å². The van der Waals surface area contributed by atoms with Gasteiger partial charge in [0.2, 0.25) is 5.91 Å². The van der Waals surface area contributed by atoms with Crippen LogP contribution >= 0.6 is 22.1 Å². The van der Waals surface area contributed by atoms with Gasteiger partial charge < -0.3 is 19.4 Å². The first-order valence-corrected chi connectivity index (χ1v) is 16.8. The van der Waals surface area contributed by atoms with Crippen molar-refractivity contribution < 1.29 is 18.7 Å². The van der Waals surface area contributed by atoms with Gasteiger partial charge >= 0.3 is 0 Å². The topological polar surface area (TPSA) is 81.0 Å². The van der Waals surface area contributed by atoms with Gasteiger partial charge in [0, 0.05) is 44.7 Å². The van der Waals surface area contributed by atoms with Crippen LogP contribution in [-0.4, -0.2) is 70.9 Å². The number of ether oxygens (including phenoxy) is 2. The van der Waals surface area contributed by atoms with E-state index in [1.165, 1.54) is 12.1 Å². The lowest BCUT2D eigenvalue weighted by molar-refractivity contribution is -0.118. The lowest BCUT2D eigenvalue weighted by Crippen LogP contribution is -2.41. The number of amides is 1. The average Bonchev–Trinajstić information content (AvgIpc) is 3.47. The number of nitrogens with one attached hydrogen (secondary N) is 1. The average molecular weight is 648 g/mol. The molecule has 0 saturated carbocycles. The van der Waals surface area contributed by atoms with Crippen LogP contribution in [0.2, 0.25) is 5.02 Å². The van der Waals surface area contributed by atoms with Crippen LogP contribution < -0.4 is 15.5 Å². The van der Waals surface area contributed by atoms with Crippen LogP contribution in [0.5, 0.6) is 5.75 Å². The Morgan fingerprint density at radius 2 is 1.89 bits per heavy atom. The number of carbonyl (C=O) groups is 1. The van der Waals surface area contributed by atoms with Gasteiger partial charge in [-0.1, -0.05) is 59.4 Å². The molecule has 1 N–H and O–H groups in total. The van der Waals surface area contributed by atoms with Crippen LogP contribution in [0.4, 0.5) is 10.1 Å². The first-order valence-electron chi connectivity index (χ1n) is 15.0. The first kappa shape index (κ1) is 31.2. The van der Waals surface area contributed by atoms with Gasteiger partial charge in [-0.15, -0.1) is 10.5 Å². The molecule has 1 saturated heterocycles. The molecule has 1 atom stereocenters. The quantitative estimate of drug-likeness (QED) is 0.184. The van der Waals surface area contributed by atoms with E-state index in [0.717, 1.165) is 49.0 Å². The van der Waals surface area contributed by atoms with Crippen LogP contribution in [0.1, 0.15) is 16.7 Å². The highest BCUT2D eigenvalue weighted by molar-refractivity contribution is 8.15. The van der Waals surface area contributed by atoms with Crippen molar-refractivity contribution in [3.63, 3.8) is 0 Å². The third-order valence-electron chi connectivity index (χ3n) is 7.62. The van der Waals surface area contributed by atoms with E-state index in [2.05, 4.69) is 32.3 Å². The van der Waals surface area contributed by atoms with Gasteiger partial charge in [-0.3, -0.25) is 9.69 Å². The molecule has 2 aliphatic rings. The normalized spacial score (nSPS) is 16.7. The molecular weight excluding hydrogens is 613 g/mol. The summed E-state index contributed by atoms with van der Waals surface area (Å²) in [6, 6.07) is 21.8. The van der Waals surface area contributed by atoms with Gasteiger partial charge in [0.1, 0.15) is 18.2 Å². The second-order valence-corrected chi connectivity index (χ2v) is 13.1. The third kappa shape index (κ3) is 8.26. The zero-order valence-electron chi connectivity index (χ0n) is 24.8. The predicted molar refractivity (Wildman–Crippen MR) is 176 cm³/mol. The van der Waals surface area contributed by atoms with Crippen molar-refractivity contribution >= 4 is 39.0 Å². The molecule has 1 unspecified atom stereocenters. The maximum atomic E-state index is 13.5. The Kier molecular flexibility index (Phi) is 10.4. The minimum atomic E-state index is -0.405.